The van der Waals surface area contributed by atoms with Gasteiger partial charge in [-0.2, -0.15) is 13.1 Å². The molecule has 5 nitrogen and oxygen atoms in total. The quantitative estimate of drug-likeness (QED) is 0.683. The number of nitrogens with one attached hydrogen (secondary N) is 2. The molecule has 104 valence electrons. The Bertz CT molecular complexity index is 541. The third kappa shape index (κ3) is 6.25. The summed E-state index contributed by atoms with van der Waals surface area (Å²) in [6.45, 7) is 2.33. The maximum Gasteiger partial charge on any atom is 0.299 e. The van der Waals surface area contributed by atoms with Gasteiger partial charge in [-0.05, 0) is 30.7 Å². The smallest absolute Gasteiger partial charge is 0.299 e. The van der Waals surface area contributed by atoms with Gasteiger partial charge in [0.2, 0.25) is 0 Å². The van der Waals surface area contributed by atoms with Crippen molar-refractivity contribution >= 4 is 15.9 Å². The highest BCUT2D eigenvalue weighted by Crippen LogP contribution is 2.10. The van der Waals surface area contributed by atoms with E-state index in [2.05, 4.69) is 21.3 Å². The fraction of sp³-hybridized carbons (Fsp3) is 0.385. The van der Waals surface area contributed by atoms with Crippen LogP contribution in [0.1, 0.15) is 25.3 Å². The molecule has 0 unspecified atom stereocenters. The summed E-state index contributed by atoms with van der Waals surface area (Å²) in [4.78, 5) is 0. The zero-order chi connectivity index (χ0) is 14.1. The van der Waals surface area contributed by atoms with Crippen molar-refractivity contribution in [3.05, 3.63) is 29.8 Å². The second-order valence-electron chi connectivity index (χ2n) is 3.85. The Kier molecular flexibility index (Phi) is 6.36. The summed E-state index contributed by atoms with van der Waals surface area (Å²) in [6.07, 6.45) is 1.16. The molecule has 0 saturated carbocycles. The normalized spacial score (nSPS) is 10.6. The lowest BCUT2D eigenvalue weighted by molar-refractivity contribution is 0.305. The van der Waals surface area contributed by atoms with Crippen molar-refractivity contribution in [3.8, 4) is 11.8 Å². The molecule has 1 rings (SSSR count). The SMILES string of the molecule is CCCNS(=O)(=O)Nc1ccc(C#CCCO)cc1. The fourth-order valence-electron chi connectivity index (χ4n) is 1.27. The maximum atomic E-state index is 11.6. The lowest BCUT2D eigenvalue weighted by Crippen LogP contribution is -2.30. The Morgan fingerprint density at radius 1 is 1.26 bits per heavy atom. The Morgan fingerprint density at radius 3 is 2.53 bits per heavy atom. The summed E-state index contributed by atoms with van der Waals surface area (Å²) >= 11 is 0. The zero-order valence-electron chi connectivity index (χ0n) is 10.8. The minimum atomic E-state index is -3.50. The minimum absolute atomic E-state index is 0.0357. The zero-order valence-corrected chi connectivity index (χ0v) is 11.6. The van der Waals surface area contributed by atoms with Gasteiger partial charge in [-0.25, -0.2) is 0 Å². The summed E-state index contributed by atoms with van der Waals surface area (Å²) in [7, 11) is -3.50. The Labute approximate surface area is 114 Å². The number of hydrogen-bond donors (Lipinski definition) is 3. The molecule has 0 aliphatic heterocycles. The predicted molar refractivity (Wildman–Crippen MR) is 75.9 cm³/mol. The van der Waals surface area contributed by atoms with Crippen LogP contribution in [0.25, 0.3) is 0 Å². The lowest BCUT2D eigenvalue weighted by Gasteiger charge is -2.08. The summed E-state index contributed by atoms with van der Waals surface area (Å²) in [5, 5.41) is 8.60. The minimum Gasteiger partial charge on any atom is -0.395 e. The van der Waals surface area contributed by atoms with Crippen LogP contribution in [0.5, 0.6) is 0 Å². The Hall–Kier alpha value is -1.55. The summed E-state index contributed by atoms with van der Waals surface area (Å²) in [5.74, 6) is 5.66. The molecule has 0 spiro atoms. The van der Waals surface area contributed by atoms with Crippen LogP contribution in [0.3, 0.4) is 0 Å². The van der Waals surface area contributed by atoms with Gasteiger partial charge in [0, 0.05) is 24.2 Å². The van der Waals surface area contributed by atoms with E-state index >= 15 is 0 Å². The van der Waals surface area contributed by atoms with E-state index in [1.807, 2.05) is 6.92 Å². The number of anilines is 1. The van der Waals surface area contributed by atoms with Gasteiger partial charge in [0.25, 0.3) is 10.2 Å². The van der Waals surface area contributed by atoms with Crippen LogP contribution in [0, 0.1) is 11.8 Å². The average Bonchev–Trinajstić information content (AvgIpc) is 2.38. The summed E-state index contributed by atoms with van der Waals surface area (Å²) < 4.78 is 28.0. The Morgan fingerprint density at radius 2 is 1.95 bits per heavy atom. The molecule has 0 atom stereocenters. The van der Waals surface area contributed by atoms with Crippen molar-refractivity contribution in [1.82, 2.24) is 4.72 Å². The van der Waals surface area contributed by atoms with E-state index in [9.17, 15) is 8.42 Å². The summed E-state index contributed by atoms with van der Waals surface area (Å²) in [5.41, 5.74) is 1.26. The van der Waals surface area contributed by atoms with Gasteiger partial charge in [0.1, 0.15) is 0 Å². The first-order valence-electron chi connectivity index (χ1n) is 6.04. The van der Waals surface area contributed by atoms with E-state index in [-0.39, 0.29) is 6.61 Å². The molecule has 0 fully saturated rings. The standard InChI is InChI=1S/C13H18N2O3S/c1-2-10-14-19(17,18)15-13-8-6-12(7-9-13)5-3-4-11-16/h6-9,14-16H,2,4,10-11H2,1H3. The van der Waals surface area contributed by atoms with E-state index < -0.39 is 10.2 Å². The molecule has 6 heteroatoms. The van der Waals surface area contributed by atoms with Gasteiger partial charge >= 0.3 is 0 Å². The maximum absolute atomic E-state index is 11.6. The van der Waals surface area contributed by atoms with Crippen molar-refractivity contribution in [2.75, 3.05) is 17.9 Å². The van der Waals surface area contributed by atoms with Gasteiger partial charge in [-0.1, -0.05) is 18.8 Å². The van der Waals surface area contributed by atoms with E-state index in [1.165, 1.54) is 0 Å². The van der Waals surface area contributed by atoms with Crippen molar-refractivity contribution < 1.29 is 13.5 Å². The number of rotatable bonds is 6. The lowest BCUT2D eigenvalue weighted by atomic mass is 10.2. The Balaban J connectivity index is 2.65. The molecule has 0 heterocycles. The van der Waals surface area contributed by atoms with Crippen LogP contribution in [0.2, 0.25) is 0 Å². The van der Waals surface area contributed by atoms with Gasteiger partial charge < -0.3 is 5.11 Å². The number of hydrogen-bond acceptors (Lipinski definition) is 3. The molecule has 0 radical (unpaired) electrons. The van der Waals surface area contributed by atoms with Crippen LogP contribution in [-0.4, -0.2) is 26.7 Å². The number of aliphatic hydroxyl groups is 1. The number of aliphatic hydroxyl groups excluding tert-OH is 1. The highest BCUT2D eigenvalue weighted by molar-refractivity contribution is 7.90. The second-order valence-corrected chi connectivity index (χ2v) is 5.35. The first-order chi connectivity index (χ1) is 9.07. The van der Waals surface area contributed by atoms with Gasteiger partial charge in [-0.3, -0.25) is 4.72 Å². The highest BCUT2D eigenvalue weighted by atomic mass is 32.2. The number of benzene rings is 1. The van der Waals surface area contributed by atoms with E-state index in [0.717, 1.165) is 12.0 Å². The highest BCUT2D eigenvalue weighted by Gasteiger charge is 2.07. The largest absolute Gasteiger partial charge is 0.395 e. The molecular formula is C13H18N2O3S. The van der Waals surface area contributed by atoms with Crippen LogP contribution < -0.4 is 9.44 Å². The van der Waals surface area contributed by atoms with Crippen LogP contribution in [-0.2, 0) is 10.2 Å². The van der Waals surface area contributed by atoms with E-state index in [4.69, 9.17) is 5.11 Å². The molecule has 0 amide bonds. The van der Waals surface area contributed by atoms with Gasteiger partial charge in [0.05, 0.1) is 6.61 Å². The molecule has 0 aromatic heterocycles. The molecule has 0 bridgehead atoms. The molecular weight excluding hydrogens is 264 g/mol. The topological polar surface area (TPSA) is 78.4 Å². The molecule has 0 aliphatic rings. The molecule has 1 aromatic rings. The first kappa shape index (κ1) is 15.5. The first-order valence-corrected chi connectivity index (χ1v) is 7.53. The van der Waals surface area contributed by atoms with E-state index in [1.54, 1.807) is 24.3 Å². The van der Waals surface area contributed by atoms with Crippen LogP contribution >= 0.6 is 0 Å². The van der Waals surface area contributed by atoms with Crippen LogP contribution in [0.15, 0.2) is 24.3 Å². The molecule has 3 N–H and O–H groups in total. The average molecular weight is 282 g/mol. The van der Waals surface area contributed by atoms with Crippen LogP contribution in [0.4, 0.5) is 5.69 Å². The third-order valence-electron chi connectivity index (χ3n) is 2.15. The monoisotopic (exact) mass is 282 g/mol. The fourth-order valence-corrected chi connectivity index (χ4v) is 2.26. The van der Waals surface area contributed by atoms with Gasteiger partial charge in [-0.15, -0.1) is 0 Å². The molecule has 0 saturated heterocycles. The van der Waals surface area contributed by atoms with Crippen molar-refractivity contribution in [2.45, 2.75) is 19.8 Å². The van der Waals surface area contributed by atoms with Crippen molar-refractivity contribution in [1.29, 1.82) is 0 Å². The van der Waals surface area contributed by atoms with Gasteiger partial charge in [0.15, 0.2) is 0 Å². The molecule has 19 heavy (non-hydrogen) atoms. The van der Waals surface area contributed by atoms with Crippen molar-refractivity contribution in [3.63, 3.8) is 0 Å². The predicted octanol–water partition coefficient (Wildman–Crippen LogP) is 1.08. The second kappa shape index (κ2) is 7.79. The third-order valence-corrected chi connectivity index (χ3v) is 3.24. The molecule has 0 aliphatic carbocycles. The van der Waals surface area contributed by atoms with Crippen molar-refractivity contribution in [2.24, 2.45) is 0 Å². The molecule has 1 aromatic carbocycles. The summed E-state index contributed by atoms with van der Waals surface area (Å²) in [6, 6.07) is 6.74. The van der Waals surface area contributed by atoms with E-state index in [0.29, 0.717) is 18.7 Å².